The summed E-state index contributed by atoms with van der Waals surface area (Å²) in [5.41, 5.74) is 1.77. The molecule has 244 valence electrons. The Hall–Kier alpha value is -2.18. The van der Waals surface area contributed by atoms with Crippen LogP contribution in [0, 0.1) is 40.4 Å². The summed E-state index contributed by atoms with van der Waals surface area (Å²) in [7, 11) is -1.69. The highest BCUT2D eigenvalue weighted by atomic mass is 35.5. The molecular formula is C36H53ClN6OSi. The van der Waals surface area contributed by atoms with E-state index >= 15 is 0 Å². The number of hydrogen-bond acceptors (Lipinski definition) is 7. The number of rotatable bonds is 11. The fraction of sp³-hybridized carbons (Fsp3) is 0.694. The number of hydrogen-bond donors (Lipinski definition) is 3. The number of anilines is 2. The molecule has 1 unspecified atom stereocenters. The lowest BCUT2D eigenvalue weighted by Gasteiger charge is -2.60. The first-order valence-electron chi connectivity index (χ1n) is 17.3. The molecule has 0 radical (unpaired) electrons. The Morgan fingerprint density at radius 2 is 1.76 bits per heavy atom. The molecular weight excluding hydrogens is 596 g/mol. The molecule has 0 spiro atoms. The minimum Gasteiger partial charge on any atom is -0.414 e. The zero-order chi connectivity index (χ0) is 31.8. The minimum atomic E-state index is -1.69. The van der Waals surface area contributed by atoms with Crippen LogP contribution < -0.4 is 16.0 Å². The predicted molar refractivity (Wildman–Crippen MR) is 186 cm³/mol. The standard InChI is InChI=1S/C36H53ClN6OSi/c1-35(2,3)45(4,5)44-30-12-10-24(11-13-30)20-39-32-27-14-25-15-28(32)18-36(16-25,17-27)23-42-33-29(19-38)22-41-34(43-33)40-21-26-8-6-7-9-31(26)37/h6-9,22,24-25,27-28,30,32,39H,10-18,20-21,23H2,1-5H3,(H2,40,41,42,43)/t24-,25?,27-,28+,30-,32-,36-. The summed E-state index contributed by atoms with van der Waals surface area (Å²) in [5.74, 6) is 4.26. The zero-order valence-corrected chi connectivity index (χ0v) is 29.7. The van der Waals surface area contributed by atoms with Gasteiger partial charge in [-0.25, -0.2) is 4.98 Å². The highest BCUT2D eigenvalue weighted by Crippen LogP contribution is 2.60. The summed E-state index contributed by atoms with van der Waals surface area (Å²) in [6.45, 7) is 14.4. The first-order chi connectivity index (χ1) is 21.4. The van der Waals surface area contributed by atoms with Crippen LogP contribution in [-0.2, 0) is 11.0 Å². The Morgan fingerprint density at radius 1 is 1.04 bits per heavy atom. The van der Waals surface area contributed by atoms with Crippen LogP contribution in [0.3, 0.4) is 0 Å². The van der Waals surface area contributed by atoms with Crippen molar-refractivity contribution < 1.29 is 4.43 Å². The molecule has 0 amide bonds. The molecule has 7 rings (SSSR count). The first kappa shape index (κ1) is 32.7. The van der Waals surface area contributed by atoms with Gasteiger partial charge < -0.3 is 20.4 Å². The second-order valence-electron chi connectivity index (χ2n) is 16.3. The van der Waals surface area contributed by atoms with E-state index in [0.717, 1.165) is 42.3 Å². The summed E-state index contributed by atoms with van der Waals surface area (Å²) in [4.78, 5) is 9.11. The predicted octanol–water partition coefficient (Wildman–Crippen LogP) is 8.39. The molecule has 2 aromatic rings. The zero-order valence-electron chi connectivity index (χ0n) is 28.0. The molecule has 5 saturated carbocycles. The third-order valence-electron chi connectivity index (χ3n) is 12.0. The molecule has 5 aliphatic rings. The van der Waals surface area contributed by atoms with Crippen molar-refractivity contribution in [3.05, 3.63) is 46.6 Å². The molecule has 45 heavy (non-hydrogen) atoms. The van der Waals surface area contributed by atoms with Gasteiger partial charge in [-0.15, -0.1) is 0 Å². The maximum Gasteiger partial charge on any atom is 0.224 e. The van der Waals surface area contributed by atoms with Gasteiger partial charge in [0.15, 0.2) is 8.32 Å². The van der Waals surface area contributed by atoms with Crippen molar-refractivity contribution in [1.29, 1.82) is 5.26 Å². The lowest BCUT2D eigenvalue weighted by Crippen LogP contribution is -2.60. The van der Waals surface area contributed by atoms with Crippen molar-refractivity contribution in [3.8, 4) is 6.07 Å². The van der Waals surface area contributed by atoms with Gasteiger partial charge in [0.25, 0.3) is 0 Å². The van der Waals surface area contributed by atoms with Crippen LogP contribution in [0.2, 0.25) is 23.2 Å². The van der Waals surface area contributed by atoms with Crippen molar-refractivity contribution in [3.63, 3.8) is 0 Å². The van der Waals surface area contributed by atoms with Gasteiger partial charge in [0.1, 0.15) is 17.5 Å². The smallest absolute Gasteiger partial charge is 0.224 e. The maximum absolute atomic E-state index is 9.79. The second kappa shape index (κ2) is 13.1. The van der Waals surface area contributed by atoms with Crippen LogP contribution >= 0.6 is 11.6 Å². The monoisotopic (exact) mass is 648 g/mol. The van der Waals surface area contributed by atoms with Crippen LogP contribution in [0.1, 0.15) is 89.7 Å². The molecule has 4 bridgehead atoms. The fourth-order valence-electron chi connectivity index (χ4n) is 8.86. The molecule has 0 saturated heterocycles. The summed E-state index contributed by atoms with van der Waals surface area (Å²) in [5, 5.41) is 21.8. The van der Waals surface area contributed by atoms with Crippen molar-refractivity contribution in [2.24, 2.45) is 29.1 Å². The van der Waals surface area contributed by atoms with Gasteiger partial charge in [-0.2, -0.15) is 10.2 Å². The maximum atomic E-state index is 9.79. The Labute approximate surface area is 276 Å². The summed E-state index contributed by atoms with van der Waals surface area (Å²) in [6, 6.07) is 10.7. The van der Waals surface area contributed by atoms with E-state index < -0.39 is 8.32 Å². The van der Waals surface area contributed by atoms with Crippen LogP contribution in [0.4, 0.5) is 11.8 Å². The van der Waals surface area contributed by atoms with Crippen LogP contribution in [0.5, 0.6) is 0 Å². The van der Waals surface area contributed by atoms with Crippen molar-refractivity contribution in [2.45, 2.75) is 115 Å². The van der Waals surface area contributed by atoms with E-state index in [0.29, 0.717) is 41.0 Å². The van der Waals surface area contributed by atoms with Crippen LogP contribution in [0.25, 0.3) is 0 Å². The minimum absolute atomic E-state index is 0.280. The van der Waals surface area contributed by atoms with Crippen molar-refractivity contribution in [2.75, 3.05) is 23.7 Å². The third-order valence-corrected chi connectivity index (χ3v) is 16.9. The highest BCUT2D eigenvalue weighted by molar-refractivity contribution is 6.74. The average molecular weight is 649 g/mol. The number of benzene rings is 1. The van der Waals surface area contributed by atoms with Gasteiger partial charge in [0.2, 0.25) is 5.95 Å². The topological polar surface area (TPSA) is 94.9 Å². The van der Waals surface area contributed by atoms with E-state index in [1.54, 1.807) is 6.20 Å². The Kier molecular flexibility index (Phi) is 9.56. The Balaban J connectivity index is 1.01. The molecule has 0 aliphatic heterocycles. The van der Waals surface area contributed by atoms with E-state index in [4.69, 9.17) is 21.0 Å². The molecule has 1 heterocycles. The van der Waals surface area contributed by atoms with Crippen molar-refractivity contribution in [1.82, 2.24) is 15.3 Å². The van der Waals surface area contributed by atoms with E-state index in [9.17, 15) is 5.26 Å². The third kappa shape index (κ3) is 7.37. The summed E-state index contributed by atoms with van der Waals surface area (Å²) in [6.07, 6.45) is 13.7. The number of nitrogens with zero attached hydrogens (tertiary/aromatic N) is 3. The Bertz CT molecular complexity index is 1360. The number of nitrogens with one attached hydrogen (secondary N) is 3. The normalized spacial score (nSPS) is 31.0. The van der Waals surface area contributed by atoms with E-state index in [1.807, 2.05) is 24.3 Å². The molecule has 3 N–H and O–H groups in total. The SMILES string of the molecule is CC(C)(C)[Si](C)(C)O[C@H]1CC[C@H](CN[C@@H]2[C@@H]3CC4C[C@H]2C[C@@](CNc2nc(NCc5ccccc5Cl)ncc2C#N)(C4)C3)CC1. The first-order valence-corrected chi connectivity index (χ1v) is 20.6. The molecule has 1 aromatic carbocycles. The lowest BCUT2D eigenvalue weighted by atomic mass is 9.48. The molecule has 9 heteroatoms. The van der Waals surface area contributed by atoms with Gasteiger partial charge in [0, 0.05) is 30.3 Å². The number of halogens is 1. The second-order valence-corrected chi connectivity index (χ2v) is 21.5. The molecule has 7 nitrogen and oxygen atoms in total. The lowest BCUT2D eigenvalue weighted by molar-refractivity contribution is -0.0704. The van der Waals surface area contributed by atoms with E-state index in [-0.39, 0.29) is 10.5 Å². The van der Waals surface area contributed by atoms with E-state index in [1.165, 1.54) is 57.8 Å². The quantitative estimate of drug-likeness (QED) is 0.211. The average Bonchev–Trinajstić information content (AvgIpc) is 2.99. The molecule has 5 atom stereocenters. The number of aromatic nitrogens is 2. The number of nitriles is 1. The van der Waals surface area contributed by atoms with Crippen molar-refractivity contribution >= 4 is 31.7 Å². The molecule has 5 fully saturated rings. The van der Waals surface area contributed by atoms with E-state index in [2.05, 4.69) is 60.9 Å². The fourth-order valence-corrected chi connectivity index (χ4v) is 10.5. The van der Waals surface area contributed by atoms with Gasteiger partial charge in [-0.3, -0.25) is 0 Å². The van der Waals surface area contributed by atoms with Gasteiger partial charge in [-0.1, -0.05) is 50.6 Å². The van der Waals surface area contributed by atoms with Crippen LogP contribution in [-0.4, -0.2) is 43.5 Å². The summed E-state index contributed by atoms with van der Waals surface area (Å²) >= 11 is 6.33. The largest absolute Gasteiger partial charge is 0.414 e. The van der Waals surface area contributed by atoms with Crippen LogP contribution in [0.15, 0.2) is 30.5 Å². The molecule has 1 aromatic heterocycles. The highest BCUT2D eigenvalue weighted by Gasteiger charge is 2.55. The van der Waals surface area contributed by atoms with Gasteiger partial charge >= 0.3 is 0 Å². The van der Waals surface area contributed by atoms with Gasteiger partial charge in [0.05, 0.1) is 6.20 Å². The molecule has 5 aliphatic carbocycles. The summed E-state index contributed by atoms with van der Waals surface area (Å²) < 4.78 is 6.76. The van der Waals surface area contributed by atoms with Gasteiger partial charge in [-0.05, 0) is 123 Å². The Morgan fingerprint density at radius 3 is 2.42 bits per heavy atom.